The number of hydrogen-bond acceptors (Lipinski definition) is 7. The third-order valence-electron chi connectivity index (χ3n) is 4.02. The zero-order valence-corrected chi connectivity index (χ0v) is 16.4. The zero-order chi connectivity index (χ0) is 21.6. The molecule has 152 valence electrons. The lowest BCUT2D eigenvalue weighted by molar-refractivity contribution is -0.114. The molecule has 0 fully saturated rings. The Balaban J connectivity index is 2.66. The summed E-state index contributed by atoms with van der Waals surface area (Å²) in [6.45, 7) is 1.31. The van der Waals surface area contributed by atoms with Crippen LogP contribution in [0.5, 0.6) is 17.2 Å². The van der Waals surface area contributed by atoms with Gasteiger partial charge in [-0.05, 0) is 30.3 Å². The van der Waals surface area contributed by atoms with Crippen LogP contribution in [0.1, 0.15) is 28.4 Å². The molecule has 0 heterocycles. The van der Waals surface area contributed by atoms with Gasteiger partial charge in [-0.1, -0.05) is 0 Å². The molecule has 8 nitrogen and oxygen atoms in total. The van der Waals surface area contributed by atoms with Crippen molar-refractivity contribution in [1.29, 1.82) is 0 Å². The van der Waals surface area contributed by atoms with Crippen LogP contribution in [0.25, 0.3) is 5.76 Å². The number of benzene rings is 2. The summed E-state index contributed by atoms with van der Waals surface area (Å²) < 4.78 is 15.8. The SMILES string of the molecule is COc1cc(C(=O)c2cc(/C(O)=C/C=O)ccc2NC(C)=O)cc(OC)c1OC. The zero-order valence-electron chi connectivity index (χ0n) is 16.4. The maximum Gasteiger partial charge on any atom is 0.221 e. The molecule has 2 aromatic carbocycles. The van der Waals surface area contributed by atoms with Crippen LogP contribution >= 0.6 is 0 Å². The van der Waals surface area contributed by atoms with E-state index in [0.29, 0.717) is 12.0 Å². The highest BCUT2D eigenvalue weighted by atomic mass is 16.5. The number of aldehydes is 1. The summed E-state index contributed by atoms with van der Waals surface area (Å²) in [6.07, 6.45) is 1.39. The molecule has 29 heavy (non-hydrogen) atoms. The smallest absolute Gasteiger partial charge is 0.221 e. The van der Waals surface area contributed by atoms with Crippen LogP contribution in [0.2, 0.25) is 0 Å². The summed E-state index contributed by atoms with van der Waals surface area (Å²) >= 11 is 0. The fourth-order valence-electron chi connectivity index (χ4n) is 2.72. The lowest BCUT2D eigenvalue weighted by atomic mass is 9.98. The largest absolute Gasteiger partial charge is 0.507 e. The summed E-state index contributed by atoms with van der Waals surface area (Å²) in [6, 6.07) is 7.29. The number of nitrogens with one attached hydrogen (secondary N) is 1. The molecule has 0 aliphatic heterocycles. The Kier molecular flexibility index (Phi) is 6.97. The molecule has 0 spiro atoms. The van der Waals surface area contributed by atoms with Crippen LogP contribution < -0.4 is 19.5 Å². The Morgan fingerprint density at radius 2 is 1.59 bits per heavy atom. The molecule has 0 aliphatic rings. The number of allylic oxidation sites excluding steroid dienone is 1. The van der Waals surface area contributed by atoms with E-state index in [1.54, 1.807) is 0 Å². The van der Waals surface area contributed by atoms with E-state index in [0.717, 1.165) is 6.08 Å². The van der Waals surface area contributed by atoms with Gasteiger partial charge in [0, 0.05) is 29.7 Å². The summed E-state index contributed by atoms with van der Waals surface area (Å²) in [7, 11) is 4.30. The molecular weight excluding hydrogens is 378 g/mol. The summed E-state index contributed by atoms with van der Waals surface area (Å²) in [5.41, 5.74) is 0.806. The lowest BCUT2D eigenvalue weighted by Crippen LogP contribution is -2.12. The van der Waals surface area contributed by atoms with Crippen LogP contribution in [0.15, 0.2) is 36.4 Å². The van der Waals surface area contributed by atoms with Gasteiger partial charge in [0.15, 0.2) is 17.3 Å². The van der Waals surface area contributed by atoms with E-state index < -0.39 is 5.78 Å². The predicted octanol–water partition coefficient (Wildman–Crippen LogP) is 3.00. The molecule has 0 radical (unpaired) electrons. The second kappa shape index (κ2) is 9.41. The number of amides is 1. The van der Waals surface area contributed by atoms with Gasteiger partial charge in [-0.25, -0.2) is 0 Å². The van der Waals surface area contributed by atoms with Gasteiger partial charge in [0.1, 0.15) is 12.0 Å². The van der Waals surface area contributed by atoms with E-state index in [2.05, 4.69) is 5.32 Å². The second-order valence-corrected chi connectivity index (χ2v) is 5.87. The molecule has 0 saturated carbocycles. The van der Waals surface area contributed by atoms with Gasteiger partial charge in [0.05, 0.1) is 27.0 Å². The van der Waals surface area contributed by atoms with Crippen molar-refractivity contribution >= 4 is 29.4 Å². The van der Waals surface area contributed by atoms with Crippen LogP contribution in [0, 0.1) is 0 Å². The number of methoxy groups -OCH3 is 3. The number of rotatable bonds is 8. The molecule has 2 aromatic rings. The predicted molar refractivity (Wildman–Crippen MR) is 107 cm³/mol. The number of aliphatic hydroxyl groups is 1. The minimum atomic E-state index is -0.464. The third-order valence-corrected chi connectivity index (χ3v) is 4.02. The van der Waals surface area contributed by atoms with Gasteiger partial charge >= 0.3 is 0 Å². The van der Waals surface area contributed by atoms with Crippen molar-refractivity contribution in [3.63, 3.8) is 0 Å². The van der Waals surface area contributed by atoms with Crippen molar-refractivity contribution in [2.24, 2.45) is 0 Å². The Hall–Kier alpha value is -3.81. The lowest BCUT2D eigenvalue weighted by Gasteiger charge is -2.15. The van der Waals surface area contributed by atoms with Crippen molar-refractivity contribution in [3.05, 3.63) is 53.1 Å². The molecule has 0 unspecified atom stereocenters. The van der Waals surface area contributed by atoms with Crippen molar-refractivity contribution in [3.8, 4) is 17.2 Å². The highest BCUT2D eigenvalue weighted by molar-refractivity contribution is 6.14. The first-order valence-electron chi connectivity index (χ1n) is 8.47. The molecule has 0 aromatic heterocycles. The number of carbonyl (C=O) groups excluding carboxylic acids is 3. The Morgan fingerprint density at radius 3 is 2.07 bits per heavy atom. The van der Waals surface area contributed by atoms with Gasteiger partial charge in [-0.15, -0.1) is 0 Å². The van der Waals surface area contributed by atoms with Gasteiger partial charge in [-0.2, -0.15) is 0 Å². The summed E-state index contributed by atoms with van der Waals surface area (Å²) in [5, 5.41) is 12.6. The Morgan fingerprint density at radius 1 is 0.966 bits per heavy atom. The summed E-state index contributed by atoms with van der Waals surface area (Å²) in [5.74, 6) is -0.243. The van der Waals surface area contributed by atoms with Gasteiger partial charge in [-0.3, -0.25) is 14.4 Å². The topological polar surface area (TPSA) is 111 Å². The molecule has 0 aliphatic carbocycles. The molecule has 2 rings (SSSR count). The monoisotopic (exact) mass is 399 g/mol. The fraction of sp³-hybridized carbons (Fsp3) is 0.190. The first kappa shape index (κ1) is 21.5. The maximum absolute atomic E-state index is 13.2. The minimum Gasteiger partial charge on any atom is -0.507 e. The standard InChI is InChI=1S/C21H21NO7/c1-12(24)22-16-6-5-13(17(25)7-8-23)9-15(16)20(26)14-10-18(27-2)21(29-4)19(11-14)28-3/h5-11,25H,1-4H3,(H,22,24)/b17-7-. The third kappa shape index (κ3) is 4.73. The van der Waals surface area contributed by atoms with Crippen molar-refractivity contribution in [2.45, 2.75) is 6.92 Å². The van der Waals surface area contributed by atoms with Crippen molar-refractivity contribution in [2.75, 3.05) is 26.6 Å². The van der Waals surface area contributed by atoms with E-state index in [9.17, 15) is 19.5 Å². The first-order chi connectivity index (χ1) is 13.9. The number of ketones is 1. The van der Waals surface area contributed by atoms with Gasteiger partial charge < -0.3 is 24.6 Å². The van der Waals surface area contributed by atoms with Crippen LogP contribution in [-0.2, 0) is 9.59 Å². The van der Waals surface area contributed by atoms with E-state index in [-0.39, 0.29) is 45.5 Å². The molecular formula is C21H21NO7. The number of aliphatic hydroxyl groups excluding tert-OH is 1. The van der Waals surface area contributed by atoms with E-state index in [1.807, 2.05) is 0 Å². The Labute approximate surface area is 167 Å². The van der Waals surface area contributed by atoms with Crippen molar-refractivity contribution in [1.82, 2.24) is 0 Å². The van der Waals surface area contributed by atoms with E-state index in [1.165, 1.54) is 58.6 Å². The van der Waals surface area contributed by atoms with E-state index in [4.69, 9.17) is 14.2 Å². The number of ether oxygens (including phenoxy) is 3. The maximum atomic E-state index is 13.2. The molecule has 0 atom stereocenters. The van der Waals surface area contributed by atoms with Crippen LogP contribution in [-0.4, -0.2) is 44.4 Å². The number of carbonyl (C=O) groups is 3. The number of anilines is 1. The number of hydrogen-bond donors (Lipinski definition) is 2. The second-order valence-electron chi connectivity index (χ2n) is 5.87. The average molecular weight is 399 g/mol. The molecule has 0 saturated heterocycles. The molecule has 8 heteroatoms. The van der Waals surface area contributed by atoms with E-state index >= 15 is 0 Å². The minimum absolute atomic E-state index is 0.109. The Bertz CT molecular complexity index is 954. The van der Waals surface area contributed by atoms with Crippen LogP contribution in [0.4, 0.5) is 5.69 Å². The van der Waals surface area contributed by atoms with Gasteiger partial charge in [0.2, 0.25) is 11.7 Å². The first-order valence-corrected chi connectivity index (χ1v) is 8.47. The van der Waals surface area contributed by atoms with Crippen molar-refractivity contribution < 1.29 is 33.7 Å². The highest BCUT2D eigenvalue weighted by Crippen LogP contribution is 2.39. The highest BCUT2D eigenvalue weighted by Gasteiger charge is 2.21. The molecule has 2 N–H and O–H groups in total. The fourth-order valence-corrected chi connectivity index (χ4v) is 2.72. The van der Waals surface area contributed by atoms with Crippen LogP contribution in [0.3, 0.4) is 0 Å². The molecule has 1 amide bonds. The summed E-state index contributed by atoms with van der Waals surface area (Å²) in [4.78, 5) is 35.4. The quantitative estimate of drug-likeness (QED) is 0.304. The average Bonchev–Trinajstić information content (AvgIpc) is 2.72. The normalized spacial score (nSPS) is 10.8. The van der Waals surface area contributed by atoms with Gasteiger partial charge in [0.25, 0.3) is 0 Å². The molecule has 0 bridgehead atoms.